The SMILES string of the molecule is C[C@@H]1C[C@@H]1C(=O)N1CCN(C(=O)c2ccc(F)cc2Cl)CC1. The minimum absolute atomic E-state index is 0.121. The maximum Gasteiger partial charge on any atom is 0.255 e. The zero-order chi connectivity index (χ0) is 15.9. The molecule has 6 heteroatoms. The molecule has 0 spiro atoms. The molecule has 1 heterocycles. The van der Waals surface area contributed by atoms with E-state index in [9.17, 15) is 14.0 Å². The molecule has 118 valence electrons. The number of nitrogens with zero attached hydrogens (tertiary/aromatic N) is 2. The van der Waals surface area contributed by atoms with E-state index in [0.717, 1.165) is 12.5 Å². The Kier molecular flexibility index (Phi) is 4.08. The molecular formula is C16H18ClFN2O2. The van der Waals surface area contributed by atoms with Gasteiger partial charge >= 0.3 is 0 Å². The van der Waals surface area contributed by atoms with Crippen LogP contribution in [0, 0.1) is 17.7 Å². The number of amides is 2. The molecule has 1 saturated carbocycles. The lowest BCUT2D eigenvalue weighted by atomic mass is 10.1. The van der Waals surface area contributed by atoms with E-state index in [-0.39, 0.29) is 22.8 Å². The van der Waals surface area contributed by atoms with Gasteiger partial charge in [-0.05, 0) is 30.5 Å². The summed E-state index contributed by atoms with van der Waals surface area (Å²) < 4.78 is 13.1. The van der Waals surface area contributed by atoms with Crippen molar-refractivity contribution in [3.05, 3.63) is 34.6 Å². The molecular weight excluding hydrogens is 307 g/mol. The normalized spacial score (nSPS) is 24.3. The summed E-state index contributed by atoms with van der Waals surface area (Å²) in [5.41, 5.74) is 0.304. The van der Waals surface area contributed by atoms with Gasteiger partial charge in [0.2, 0.25) is 5.91 Å². The Hall–Kier alpha value is -1.62. The quantitative estimate of drug-likeness (QED) is 0.838. The highest BCUT2D eigenvalue weighted by Crippen LogP contribution is 2.39. The van der Waals surface area contributed by atoms with Crippen molar-refractivity contribution >= 4 is 23.4 Å². The van der Waals surface area contributed by atoms with Gasteiger partial charge in [0, 0.05) is 32.1 Å². The van der Waals surface area contributed by atoms with Crippen LogP contribution in [-0.2, 0) is 4.79 Å². The maximum absolute atomic E-state index is 13.1. The summed E-state index contributed by atoms with van der Waals surface area (Å²) in [4.78, 5) is 28.1. The molecule has 0 unspecified atom stereocenters. The molecule has 1 saturated heterocycles. The number of carbonyl (C=O) groups is 2. The fourth-order valence-corrected chi connectivity index (χ4v) is 3.11. The molecule has 2 atom stereocenters. The molecule has 1 aliphatic carbocycles. The van der Waals surface area contributed by atoms with Gasteiger partial charge in [-0.15, -0.1) is 0 Å². The highest BCUT2D eigenvalue weighted by Gasteiger charge is 2.42. The third kappa shape index (κ3) is 2.95. The van der Waals surface area contributed by atoms with Crippen molar-refractivity contribution in [2.75, 3.05) is 26.2 Å². The van der Waals surface area contributed by atoms with Gasteiger partial charge in [-0.2, -0.15) is 0 Å². The van der Waals surface area contributed by atoms with E-state index < -0.39 is 5.82 Å². The third-order valence-electron chi connectivity index (χ3n) is 4.47. The Labute approximate surface area is 133 Å². The van der Waals surface area contributed by atoms with Crippen molar-refractivity contribution < 1.29 is 14.0 Å². The van der Waals surface area contributed by atoms with E-state index >= 15 is 0 Å². The molecule has 2 aliphatic rings. The molecule has 2 fully saturated rings. The first kappa shape index (κ1) is 15.3. The minimum Gasteiger partial charge on any atom is -0.339 e. The van der Waals surface area contributed by atoms with Gasteiger partial charge in [-0.3, -0.25) is 9.59 Å². The van der Waals surface area contributed by atoms with Crippen LogP contribution in [0.25, 0.3) is 0 Å². The highest BCUT2D eigenvalue weighted by atomic mass is 35.5. The lowest BCUT2D eigenvalue weighted by Gasteiger charge is -2.35. The summed E-state index contributed by atoms with van der Waals surface area (Å²) in [6.45, 7) is 4.15. The topological polar surface area (TPSA) is 40.6 Å². The molecule has 0 N–H and O–H groups in total. The van der Waals surface area contributed by atoms with E-state index in [0.29, 0.717) is 37.7 Å². The minimum atomic E-state index is -0.462. The zero-order valence-electron chi connectivity index (χ0n) is 12.4. The molecule has 1 aromatic rings. The largest absolute Gasteiger partial charge is 0.339 e. The second-order valence-electron chi connectivity index (χ2n) is 6.06. The molecule has 0 aromatic heterocycles. The van der Waals surface area contributed by atoms with Crippen LogP contribution in [0.15, 0.2) is 18.2 Å². The van der Waals surface area contributed by atoms with E-state index in [1.165, 1.54) is 12.1 Å². The van der Waals surface area contributed by atoms with Gasteiger partial charge in [-0.1, -0.05) is 18.5 Å². The van der Waals surface area contributed by atoms with Crippen LogP contribution in [0.4, 0.5) is 4.39 Å². The summed E-state index contributed by atoms with van der Waals surface area (Å²) in [7, 11) is 0. The molecule has 2 amide bonds. The van der Waals surface area contributed by atoms with Gasteiger partial charge in [0.1, 0.15) is 5.82 Å². The Morgan fingerprint density at radius 3 is 2.32 bits per heavy atom. The first-order valence-corrected chi connectivity index (χ1v) is 7.88. The summed E-state index contributed by atoms with van der Waals surface area (Å²) in [5.74, 6) is 0.200. The number of hydrogen-bond donors (Lipinski definition) is 0. The van der Waals surface area contributed by atoms with Crippen LogP contribution in [0.1, 0.15) is 23.7 Å². The number of halogens is 2. The molecule has 3 rings (SSSR count). The van der Waals surface area contributed by atoms with Crippen LogP contribution in [0.3, 0.4) is 0 Å². The Balaban J connectivity index is 1.61. The van der Waals surface area contributed by atoms with Crippen LogP contribution in [-0.4, -0.2) is 47.8 Å². The average molecular weight is 325 g/mol. The number of piperazine rings is 1. The number of benzene rings is 1. The third-order valence-corrected chi connectivity index (χ3v) is 4.78. The van der Waals surface area contributed by atoms with Gasteiger partial charge < -0.3 is 9.80 Å². The monoisotopic (exact) mass is 324 g/mol. The molecule has 22 heavy (non-hydrogen) atoms. The summed E-state index contributed by atoms with van der Waals surface area (Å²) in [6.07, 6.45) is 0.975. The molecule has 4 nitrogen and oxygen atoms in total. The maximum atomic E-state index is 13.1. The lowest BCUT2D eigenvalue weighted by Crippen LogP contribution is -2.51. The molecule has 0 radical (unpaired) electrons. The standard InChI is InChI=1S/C16H18ClFN2O2/c1-10-8-13(10)16(22)20-6-4-19(5-7-20)15(21)12-3-2-11(18)9-14(12)17/h2-3,9-10,13H,4-8H2,1H3/t10-,13+/m1/s1. The van der Waals surface area contributed by atoms with E-state index in [2.05, 4.69) is 6.92 Å². The van der Waals surface area contributed by atoms with Gasteiger partial charge in [-0.25, -0.2) is 4.39 Å². The zero-order valence-corrected chi connectivity index (χ0v) is 13.1. The van der Waals surface area contributed by atoms with Crippen molar-refractivity contribution in [2.45, 2.75) is 13.3 Å². The first-order chi connectivity index (χ1) is 10.5. The average Bonchev–Trinajstić information content (AvgIpc) is 3.23. The molecule has 0 bridgehead atoms. The lowest BCUT2D eigenvalue weighted by molar-refractivity contribution is -0.134. The number of rotatable bonds is 2. The Bertz CT molecular complexity index is 614. The van der Waals surface area contributed by atoms with Crippen LogP contribution < -0.4 is 0 Å². The number of hydrogen-bond acceptors (Lipinski definition) is 2. The van der Waals surface area contributed by atoms with Crippen molar-refractivity contribution in [1.29, 1.82) is 0 Å². The van der Waals surface area contributed by atoms with Gasteiger partial charge in [0.15, 0.2) is 0 Å². The Morgan fingerprint density at radius 2 is 1.77 bits per heavy atom. The molecule has 1 aliphatic heterocycles. The van der Waals surface area contributed by atoms with E-state index in [1.54, 1.807) is 4.90 Å². The van der Waals surface area contributed by atoms with E-state index in [4.69, 9.17) is 11.6 Å². The predicted molar refractivity (Wildman–Crippen MR) is 81.2 cm³/mol. The van der Waals surface area contributed by atoms with Crippen molar-refractivity contribution in [2.24, 2.45) is 11.8 Å². The van der Waals surface area contributed by atoms with Crippen molar-refractivity contribution in [1.82, 2.24) is 9.80 Å². The van der Waals surface area contributed by atoms with Crippen LogP contribution in [0.2, 0.25) is 5.02 Å². The fraction of sp³-hybridized carbons (Fsp3) is 0.500. The fourth-order valence-electron chi connectivity index (χ4n) is 2.86. The first-order valence-electron chi connectivity index (χ1n) is 7.50. The van der Waals surface area contributed by atoms with Gasteiger partial charge in [0.25, 0.3) is 5.91 Å². The predicted octanol–water partition coefficient (Wildman–Crippen LogP) is 2.42. The van der Waals surface area contributed by atoms with Gasteiger partial charge in [0.05, 0.1) is 10.6 Å². The Morgan fingerprint density at radius 1 is 1.18 bits per heavy atom. The second kappa shape index (κ2) is 5.88. The van der Waals surface area contributed by atoms with Crippen LogP contribution >= 0.6 is 11.6 Å². The summed E-state index contributed by atoms with van der Waals surface area (Å²) in [6, 6.07) is 3.78. The second-order valence-corrected chi connectivity index (χ2v) is 6.47. The summed E-state index contributed by atoms with van der Waals surface area (Å²) in [5, 5.41) is 0.121. The van der Waals surface area contributed by atoms with E-state index in [1.807, 2.05) is 4.90 Å². The van der Waals surface area contributed by atoms with Crippen molar-refractivity contribution in [3.63, 3.8) is 0 Å². The smallest absolute Gasteiger partial charge is 0.255 e. The highest BCUT2D eigenvalue weighted by molar-refractivity contribution is 6.33. The van der Waals surface area contributed by atoms with Crippen molar-refractivity contribution in [3.8, 4) is 0 Å². The number of carbonyl (C=O) groups excluding carboxylic acids is 2. The van der Waals surface area contributed by atoms with Crippen LogP contribution in [0.5, 0.6) is 0 Å². The molecule has 1 aromatic carbocycles. The summed E-state index contributed by atoms with van der Waals surface area (Å²) >= 11 is 5.94.